The molecule has 0 amide bonds. The van der Waals surface area contributed by atoms with Crippen molar-refractivity contribution in [3.05, 3.63) is 41.5 Å². The van der Waals surface area contributed by atoms with Crippen LogP contribution in [0, 0.1) is 0 Å². The molecule has 0 bridgehead atoms. The molecule has 0 saturated heterocycles. The Morgan fingerprint density at radius 1 is 1.23 bits per heavy atom. The second-order valence-electron chi connectivity index (χ2n) is 3.59. The van der Waals surface area contributed by atoms with Crippen LogP contribution in [0.25, 0.3) is 6.08 Å². The summed E-state index contributed by atoms with van der Waals surface area (Å²) in [6, 6.07) is 8.60. The zero-order valence-corrected chi connectivity index (χ0v) is 8.75. The van der Waals surface area contributed by atoms with E-state index in [1.807, 2.05) is 0 Å². The predicted molar refractivity (Wildman–Crippen MR) is 59.9 cm³/mol. The van der Waals surface area contributed by atoms with Crippen molar-refractivity contribution in [2.75, 3.05) is 0 Å². The lowest BCUT2D eigenvalue weighted by molar-refractivity contribution is 0.864. The molecule has 0 unspecified atom stereocenters. The predicted octanol–water partition coefficient (Wildman–Crippen LogP) is 4.23. The van der Waals surface area contributed by atoms with E-state index in [-0.39, 0.29) is 0 Å². The summed E-state index contributed by atoms with van der Waals surface area (Å²) in [4.78, 5) is 0. The first-order chi connectivity index (χ1) is 6.25. The maximum absolute atomic E-state index is 2.23. The molecule has 0 heterocycles. The van der Waals surface area contributed by atoms with Crippen molar-refractivity contribution in [3.63, 3.8) is 0 Å². The van der Waals surface area contributed by atoms with Crippen LogP contribution in [-0.2, 0) is 0 Å². The van der Waals surface area contributed by atoms with Gasteiger partial charge >= 0.3 is 0 Å². The Hall–Kier alpha value is -1.04. The van der Waals surface area contributed by atoms with E-state index in [0.717, 1.165) is 6.42 Å². The van der Waals surface area contributed by atoms with Gasteiger partial charge in [0, 0.05) is 0 Å². The molecule has 0 aliphatic rings. The lowest BCUT2D eigenvalue weighted by Crippen LogP contribution is -1.90. The fourth-order valence-electron chi connectivity index (χ4n) is 1.43. The van der Waals surface area contributed by atoms with Crippen molar-refractivity contribution in [2.45, 2.75) is 33.1 Å². The third-order valence-corrected chi connectivity index (χ3v) is 2.15. The van der Waals surface area contributed by atoms with Gasteiger partial charge in [0.1, 0.15) is 0 Å². The standard InChI is InChI=1S/C13H18/c1-4-5-8-12-9-6-7-10-13(12)11(2)3/h5-11H,4H2,1-3H3. The molecule has 0 N–H and O–H groups in total. The largest absolute Gasteiger partial charge is 0.0842 e. The number of allylic oxidation sites excluding steroid dienone is 1. The zero-order chi connectivity index (χ0) is 9.68. The van der Waals surface area contributed by atoms with Gasteiger partial charge in [-0.25, -0.2) is 0 Å². The molecule has 0 aliphatic heterocycles. The number of benzene rings is 1. The molecule has 0 fully saturated rings. The fourth-order valence-corrected chi connectivity index (χ4v) is 1.43. The summed E-state index contributed by atoms with van der Waals surface area (Å²) in [7, 11) is 0. The summed E-state index contributed by atoms with van der Waals surface area (Å²) < 4.78 is 0. The van der Waals surface area contributed by atoms with Gasteiger partial charge in [0.15, 0.2) is 0 Å². The van der Waals surface area contributed by atoms with Gasteiger partial charge < -0.3 is 0 Å². The Morgan fingerprint density at radius 2 is 1.92 bits per heavy atom. The highest BCUT2D eigenvalue weighted by Crippen LogP contribution is 2.20. The topological polar surface area (TPSA) is 0 Å². The van der Waals surface area contributed by atoms with Crippen LogP contribution in [0.3, 0.4) is 0 Å². The normalized spacial score (nSPS) is 11.4. The Morgan fingerprint density at radius 3 is 2.54 bits per heavy atom. The van der Waals surface area contributed by atoms with Crippen LogP contribution in [0.5, 0.6) is 0 Å². The van der Waals surface area contributed by atoms with Crippen molar-refractivity contribution < 1.29 is 0 Å². The first-order valence-corrected chi connectivity index (χ1v) is 5.01. The van der Waals surface area contributed by atoms with Crippen molar-refractivity contribution in [3.8, 4) is 0 Å². The van der Waals surface area contributed by atoms with E-state index in [2.05, 4.69) is 57.2 Å². The maximum Gasteiger partial charge on any atom is -0.0213 e. The summed E-state index contributed by atoms with van der Waals surface area (Å²) in [6.07, 6.45) is 5.53. The molecule has 0 heteroatoms. The molecule has 0 aliphatic carbocycles. The van der Waals surface area contributed by atoms with Crippen molar-refractivity contribution in [2.24, 2.45) is 0 Å². The second kappa shape index (κ2) is 4.86. The number of hydrogen-bond acceptors (Lipinski definition) is 0. The van der Waals surface area contributed by atoms with Gasteiger partial charge in [0.05, 0.1) is 0 Å². The van der Waals surface area contributed by atoms with E-state index in [4.69, 9.17) is 0 Å². The summed E-state index contributed by atoms with van der Waals surface area (Å²) >= 11 is 0. The molecule has 1 rings (SSSR count). The fraction of sp³-hybridized carbons (Fsp3) is 0.385. The SMILES string of the molecule is CCC=Cc1ccccc1C(C)C. The van der Waals surface area contributed by atoms with E-state index in [0.29, 0.717) is 5.92 Å². The van der Waals surface area contributed by atoms with Crippen molar-refractivity contribution in [1.82, 2.24) is 0 Å². The van der Waals surface area contributed by atoms with E-state index in [1.54, 1.807) is 0 Å². The molecular weight excluding hydrogens is 156 g/mol. The summed E-state index contributed by atoms with van der Waals surface area (Å²) in [5, 5.41) is 0. The lowest BCUT2D eigenvalue weighted by atomic mass is 9.97. The quantitative estimate of drug-likeness (QED) is 0.643. The number of rotatable bonds is 3. The third kappa shape index (κ3) is 2.73. The Labute approximate surface area is 81.3 Å². The van der Waals surface area contributed by atoms with Gasteiger partial charge in [0.25, 0.3) is 0 Å². The van der Waals surface area contributed by atoms with E-state index < -0.39 is 0 Å². The molecule has 0 radical (unpaired) electrons. The van der Waals surface area contributed by atoms with Crippen LogP contribution in [0.15, 0.2) is 30.3 Å². The highest BCUT2D eigenvalue weighted by molar-refractivity contribution is 5.54. The Balaban J connectivity index is 2.97. The molecule has 0 atom stereocenters. The molecule has 1 aromatic rings. The molecule has 1 aromatic carbocycles. The van der Waals surface area contributed by atoms with E-state index in [9.17, 15) is 0 Å². The maximum atomic E-state index is 2.23. The van der Waals surface area contributed by atoms with Gasteiger partial charge in [-0.2, -0.15) is 0 Å². The molecule has 13 heavy (non-hydrogen) atoms. The molecule has 0 nitrogen and oxygen atoms in total. The summed E-state index contributed by atoms with van der Waals surface area (Å²) in [5.41, 5.74) is 2.80. The molecular formula is C13H18. The third-order valence-electron chi connectivity index (χ3n) is 2.15. The first kappa shape index (κ1) is 10.0. The highest BCUT2D eigenvalue weighted by Gasteiger charge is 2.01. The van der Waals surface area contributed by atoms with Gasteiger partial charge in [-0.15, -0.1) is 0 Å². The monoisotopic (exact) mass is 174 g/mol. The summed E-state index contributed by atoms with van der Waals surface area (Å²) in [6.45, 7) is 6.63. The minimum Gasteiger partial charge on any atom is -0.0842 e. The molecule has 0 aromatic heterocycles. The molecule has 0 saturated carbocycles. The average Bonchev–Trinajstić information content (AvgIpc) is 2.15. The summed E-state index contributed by atoms with van der Waals surface area (Å²) in [5.74, 6) is 0.609. The minimum atomic E-state index is 0.609. The smallest absolute Gasteiger partial charge is 0.0213 e. The highest BCUT2D eigenvalue weighted by atomic mass is 14.1. The van der Waals surface area contributed by atoms with Crippen LogP contribution in [-0.4, -0.2) is 0 Å². The van der Waals surface area contributed by atoms with Crippen LogP contribution in [0.4, 0.5) is 0 Å². The first-order valence-electron chi connectivity index (χ1n) is 5.01. The van der Waals surface area contributed by atoms with Crippen molar-refractivity contribution >= 4 is 6.08 Å². The number of hydrogen-bond donors (Lipinski definition) is 0. The van der Waals surface area contributed by atoms with Gasteiger partial charge in [0.2, 0.25) is 0 Å². The van der Waals surface area contributed by atoms with Gasteiger partial charge in [-0.05, 0) is 23.5 Å². The second-order valence-corrected chi connectivity index (χ2v) is 3.59. The van der Waals surface area contributed by atoms with Crippen molar-refractivity contribution in [1.29, 1.82) is 0 Å². The van der Waals surface area contributed by atoms with Crippen LogP contribution < -0.4 is 0 Å². The van der Waals surface area contributed by atoms with Gasteiger partial charge in [-0.3, -0.25) is 0 Å². The van der Waals surface area contributed by atoms with E-state index in [1.165, 1.54) is 11.1 Å². The lowest BCUT2D eigenvalue weighted by Gasteiger charge is -2.08. The van der Waals surface area contributed by atoms with Crippen LogP contribution >= 0.6 is 0 Å². The van der Waals surface area contributed by atoms with Gasteiger partial charge in [-0.1, -0.05) is 57.2 Å². The average molecular weight is 174 g/mol. The zero-order valence-electron chi connectivity index (χ0n) is 8.75. The molecule has 70 valence electrons. The van der Waals surface area contributed by atoms with E-state index >= 15 is 0 Å². The Kier molecular flexibility index (Phi) is 3.75. The van der Waals surface area contributed by atoms with Crippen LogP contribution in [0.2, 0.25) is 0 Å². The van der Waals surface area contributed by atoms with Crippen LogP contribution in [0.1, 0.15) is 44.2 Å². The Bertz CT molecular complexity index is 282. The minimum absolute atomic E-state index is 0.609. The molecule has 0 spiro atoms.